The van der Waals surface area contributed by atoms with Crippen molar-refractivity contribution in [3.63, 3.8) is 0 Å². The van der Waals surface area contributed by atoms with Gasteiger partial charge in [0.2, 0.25) is 0 Å². The number of amides is 1. The fourth-order valence-corrected chi connectivity index (χ4v) is 3.06. The number of hydrogen-bond donors (Lipinski definition) is 1. The Balaban J connectivity index is 1.59. The predicted molar refractivity (Wildman–Crippen MR) is 103 cm³/mol. The molecule has 0 spiro atoms. The highest BCUT2D eigenvalue weighted by molar-refractivity contribution is 5.93. The van der Waals surface area contributed by atoms with Gasteiger partial charge in [-0.15, -0.1) is 6.58 Å². The number of carbonyl (C=O) groups excluding carboxylic acids is 1. The molecule has 0 atom stereocenters. The minimum atomic E-state index is -0.0310. The highest BCUT2D eigenvalue weighted by atomic mass is 16.2. The number of hydrogen-bond acceptors (Lipinski definition) is 5. The van der Waals surface area contributed by atoms with Crippen LogP contribution in [0.1, 0.15) is 21.9 Å². The van der Waals surface area contributed by atoms with Gasteiger partial charge in [0, 0.05) is 45.3 Å². The molecule has 0 saturated carbocycles. The van der Waals surface area contributed by atoms with Crippen LogP contribution < -0.4 is 5.32 Å². The second-order valence-corrected chi connectivity index (χ2v) is 6.41. The van der Waals surface area contributed by atoms with E-state index in [9.17, 15) is 4.79 Å². The zero-order valence-corrected chi connectivity index (χ0v) is 15.2. The van der Waals surface area contributed by atoms with E-state index in [2.05, 4.69) is 51.0 Å². The summed E-state index contributed by atoms with van der Waals surface area (Å²) in [6.07, 6.45) is 1.75. The van der Waals surface area contributed by atoms with Gasteiger partial charge in [-0.2, -0.15) is 0 Å². The van der Waals surface area contributed by atoms with Crippen LogP contribution in [0.4, 0.5) is 5.82 Å². The highest BCUT2D eigenvalue weighted by Gasteiger charge is 2.23. The van der Waals surface area contributed by atoms with Crippen molar-refractivity contribution in [3.05, 3.63) is 66.1 Å². The lowest BCUT2D eigenvalue weighted by Gasteiger charge is -2.34. The van der Waals surface area contributed by atoms with E-state index in [4.69, 9.17) is 0 Å². The first kappa shape index (κ1) is 18.1. The summed E-state index contributed by atoms with van der Waals surface area (Å²) in [6, 6.07) is 12.1. The number of piperazine rings is 1. The largest absolute Gasteiger partial charge is 0.366 e. The summed E-state index contributed by atoms with van der Waals surface area (Å²) in [5, 5.41) is 3.12. The Bertz CT molecular complexity index is 754. The molecule has 3 rings (SSSR count). The molecule has 1 aromatic heterocycles. The molecule has 0 aliphatic carbocycles. The predicted octanol–water partition coefficient (Wildman–Crippen LogP) is 2.34. The summed E-state index contributed by atoms with van der Waals surface area (Å²) in [5.74, 6) is 1.21. The quantitative estimate of drug-likeness (QED) is 0.810. The van der Waals surface area contributed by atoms with Crippen molar-refractivity contribution >= 4 is 11.7 Å². The normalized spacial score (nSPS) is 14.9. The van der Waals surface area contributed by atoms with Crippen molar-refractivity contribution in [2.24, 2.45) is 0 Å². The van der Waals surface area contributed by atoms with Gasteiger partial charge in [0.15, 0.2) is 0 Å². The van der Waals surface area contributed by atoms with Gasteiger partial charge in [-0.3, -0.25) is 9.69 Å². The molecule has 1 amide bonds. The molecule has 1 aliphatic heterocycles. The highest BCUT2D eigenvalue weighted by Crippen LogP contribution is 2.13. The van der Waals surface area contributed by atoms with Gasteiger partial charge in [-0.1, -0.05) is 36.4 Å². The van der Waals surface area contributed by atoms with E-state index < -0.39 is 0 Å². The topological polar surface area (TPSA) is 61.4 Å². The van der Waals surface area contributed by atoms with E-state index in [-0.39, 0.29) is 5.91 Å². The lowest BCUT2D eigenvalue weighted by Crippen LogP contribution is -2.48. The minimum absolute atomic E-state index is 0.0310. The van der Waals surface area contributed by atoms with Gasteiger partial charge >= 0.3 is 0 Å². The Morgan fingerprint density at radius 1 is 1.19 bits per heavy atom. The number of nitrogens with one attached hydrogen (secondary N) is 1. The third-order valence-corrected chi connectivity index (χ3v) is 4.39. The Morgan fingerprint density at radius 2 is 1.92 bits per heavy atom. The van der Waals surface area contributed by atoms with Crippen molar-refractivity contribution in [2.45, 2.75) is 13.5 Å². The zero-order chi connectivity index (χ0) is 18.4. The molecular weight excluding hydrogens is 326 g/mol. The van der Waals surface area contributed by atoms with Gasteiger partial charge in [0.05, 0.1) is 0 Å². The van der Waals surface area contributed by atoms with E-state index in [1.807, 2.05) is 11.0 Å². The van der Waals surface area contributed by atoms with Crippen LogP contribution in [0.5, 0.6) is 0 Å². The minimum Gasteiger partial charge on any atom is -0.366 e. The van der Waals surface area contributed by atoms with Crippen molar-refractivity contribution in [1.29, 1.82) is 0 Å². The van der Waals surface area contributed by atoms with E-state index in [1.165, 1.54) is 5.56 Å². The molecule has 1 aliphatic rings. The van der Waals surface area contributed by atoms with Gasteiger partial charge in [-0.25, -0.2) is 9.97 Å². The Kier molecular flexibility index (Phi) is 5.96. The van der Waals surface area contributed by atoms with Gasteiger partial charge in [0.25, 0.3) is 5.91 Å². The molecule has 0 unspecified atom stereocenters. The molecule has 1 N–H and O–H groups in total. The van der Waals surface area contributed by atoms with Crippen molar-refractivity contribution < 1.29 is 4.79 Å². The zero-order valence-electron chi connectivity index (χ0n) is 15.2. The summed E-state index contributed by atoms with van der Waals surface area (Å²) in [7, 11) is 0. The van der Waals surface area contributed by atoms with Gasteiger partial charge in [-0.05, 0) is 12.5 Å². The molecule has 2 heterocycles. The maximum absolute atomic E-state index is 12.8. The van der Waals surface area contributed by atoms with Crippen LogP contribution in [0.3, 0.4) is 0 Å². The number of benzene rings is 1. The fourth-order valence-electron chi connectivity index (χ4n) is 3.06. The molecule has 1 aromatic carbocycles. The third kappa shape index (κ3) is 4.67. The average Bonchev–Trinajstić information content (AvgIpc) is 2.67. The first-order valence-corrected chi connectivity index (χ1v) is 8.91. The number of nitrogens with zero attached hydrogens (tertiary/aromatic N) is 4. The molecular formula is C20H25N5O. The summed E-state index contributed by atoms with van der Waals surface area (Å²) in [6.45, 7) is 10.2. The Morgan fingerprint density at radius 3 is 2.62 bits per heavy atom. The molecule has 1 saturated heterocycles. The van der Waals surface area contributed by atoms with E-state index >= 15 is 0 Å². The standard InChI is InChI=1S/C20H25N5O/c1-3-9-21-19-14-18(22-16(2)23-19)20(26)25-12-10-24(11-13-25)15-17-7-5-4-6-8-17/h3-8,14H,1,9-13,15H2,2H3,(H,21,22,23). The second-order valence-electron chi connectivity index (χ2n) is 6.41. The average molecular weight is 351 g/mol. The van der Waals surface area contributed by atoms with Gasteiger partial charge in [0.1, 0.15) is 17.3 Å². The molecule has 6 heteroatoms. The van der Waals surface area contributed by atoms with Crippen molar-refractivity contribution in [1.82, 2.24) is 19.8 Å². The fraction of sp³-hybridized carbons (Fsp3) is 0.350. The summed E-state index contributed by atoms with van der Waals surface area (Å²) >= 11 is 0. The number of aryl methyl sites for hydroxylation is 1. The number of anilines is 1. The molecule has 6 nitrogen and oxygen atoms in total. The second kappa shape index (κ2) is 8.58. The van der Waals surface area contributed by atoms with Crippen molar-refractivity contribution in [3.8, 4) is 0 Å². The third-order valence-electron chi connectivity index (χ3n) is 4.39. The van der Waals surface area contributed by atoms with Crippen LogP contribution in [-0.2, 0) is 6.54 Å². The van der Waals surface area contributed by atoms with Crippen LogP contribution in [-0.4, -0.2) is 58.4 Å². The van der Waals surface area contributed by atoms with Crippen molar-refractivity contribution in [2.75, 3.05) is 38.0 Å². The van der Waals surface area contributed by atoms with E-state index in [0.29, 0.717) is 37.0 Å². The number of carbonyl (C=O) groups is 1. The van der Waals surface area contributed by atoms with Crippen LogP contribution in [0.2, 0.25) is 0 Å². The molecule has 1 fully saturated rings. The lowest BCUT2D eigenvalue weighted by molar-refractivity contribution is 0.0622. The Labute approximate surface area is 154 Å². The Hall–Kier alpha value is -2.73. The van der Waals surface area contributed by atoms with Crippen LogP contribution in [0.15, 0.2) is 49.1 Å². The maximum atomic E-state index is 12.8. The first-order valence-electron chi connectivity index (χ1n) is 8.91. The molecule has 0 radical (unpaired) electrons. The van der Waals surface area contributed by atoms with Gasteiger partial charge < -0.3 is 10.2 Å². The summed E-state index contributed by atoms with van der Waals surface area (Å²) in [5.41, 5.74) is 1.75. The molecule has 0 bridgehead atoms. The molecule has 2 aromatic rings. The molecule has 136 valence electrons. The summed E-state index contributed by atoms with van der Waals surface area (Å²) in [4.78, 5) is 25.7. The first-order chi connectivity index (χ1) is 12.7. The van der Waals surface area contributed by atoms with E-state index in [0.717, 1.165) is 19.6 Å². The van der Waals surface area contributed by atoms with Crippen LogP contribution >= 0.6 is 0 Å². The SMILES string of the molecule is C=CCNc1cc(C(=O)N2CCN(Cc3ccccc3)CC2)nc(C)n1. The number of rotatable bonds is 6. The smallest absolute Gasteiger partial charge is 0.272 e. The maximum Gasteiger partial charge on any atom is 0.272 e. The monoisotopic (exact) mass is 351 g/mol. The molecule has 26 heavy (non-hydrogen) atoms. The lowest BCUT2D eigenvalue weighted by atomic mass is 10.2. The van der Waals surface area contributed by atoms with Crippen LogP contribution in [0.25, 0.3) is 0 Å². The summed E-state index contributed by atoms with van der Waals surface area (Å²) < 4.78 is 0. The van der Waals surface area contributed by atoms with Crippen LogP contribution in [0, 0.1) is 6.92 Å². The number of aromatic nitrogens is 2. The van der Waals surface area contributed by atoms with E-state index in [1.54, 1.807) is 19.1 Å².